The minimum Gasteiger partial charge on any atom is -0.308 e. The second kappa shape index (κ2) is 6.23. The molecule has 0 unspecified atom stereocenters. The van der Waals surface area contributed by atoms with E-state index in [9.17, 15) is 0 Å². The van der Waals surface area contributed by atoms with Crippen molar-refractivity contribution in [2.24, 2.45) is 12.9 Å². The van der Waals surface area contributed by atoms with E-state index in [0.717, 1.165) is 36.7 Å². The van der Waals surface area contributed by atoms with Gasteiger partial charge in [-0.2, -0.15) is 10.4 Å². The van der Waals surface area contributed by atoms with E-state index in [1.807, 2.05) is 14.0 Å². The van der Waals surface area contributed by atoms with Crippen LogP contribution in [0.25, 0.3) is 0 Å². The zero-order valence-electron chi connectivity index (χ0n) is 10.7. The van der Waals surface area contributed by atoms with Crippen LogP contribution in [-0.2, 0) is 13.6 Å². The topological polar surface area (TPSA) is 82.9 Å². The Morgan fingerprint density at radius 2 is 2.29 bits per heavy atom. The molecule has 0 aromatic carbocycles. The molecule has 0 radical (unpaired) electrons. The van der Waals surface area contributed by atoms with Crippen molar-refractivity contribution < 1.29 is 0 Å². The van der Waals surface area contributed by atoms with Crippen LogP contribution >= 0.6 is 0 Å². The number of rotatable bonds is 6. The average Bonchev–Trinajstić information content (AvgIpc) is 2.58. The number of nitrogen functional groups attached to an aromatic ring is 1. The molecular formula is C11H20N6. The van der Waals surface area contributed by atoms with Gasteiger partial charge in [0, 0.05) is 32.1 Å². The molecule has 1 rings (SSSR count). The maximum atomic E-state index is 8.61. The largest absolute Gasteiger partial charge is 0.308 e. The lowest BCUT2D eigenvalue weighted by Gasteiger charge is -2.19. The predicted octanol–water partition coefficient (Wildman–Crippen LogP) is 0.750. The van der Waals surface area contributed by atoms with Gasteiger partial charge in [0.25, 0.3) is 0 Å². The Morgan fingerprint density at radius 3 is 2.82 bits per heavy atom. The normalized spacial score (nSPS) is 10.6. The van der Waals surface area contributed by atoms with Crippen LogP contribution in [-0.4, -0.2) is 27.8 Å². The molecule has 6 nitrogen and oxygen atoms in total. The van der Waals surface area contributed by atoms with Gasteiger partial charge < -0.3 is 5.43 Å². The first-order valence-electron chi connectivity index (χ1n) is 5.72. The fourth-order valence-corrected chi connectivity index (χ4v) is 1.85. The van der Waals surface area contributed by atoms with Crippen LogP contribution in [0.1, 0.15) is 24.6 Å². The molecule has 0 saturated heterocycles. The average molecular weight is 236 g/mol. The standard InChI is InChI=1S/C11H20N6/c1-4-17(7-5-6-12)8-10-9(2)15-16(3)11(10)14-13/h14H,4-5,7-8,13H2,1-3H3. The molecule has 1 aromatic rings. The van der Waals surface area contributed by atoms with E-state index in [0.29, 0.717) is 6.42 Å². The molecule has 0 aliphatic carbocycles. The summed E-state index contributed by atoms with van der Waals surface area (Å²) in [6, 6.07) is 2.16. The molecule has 1 aromatic heterocycles. The Kier molecular flexibility index (Phi) is 4.94. The van der Waals surface area contributed by atoms with Crippen molar-refractivity contribution in [1.29, 1.82) is 5.26 Å². The van der Waals surface area contributed by atoms with Crippen LogP contribution in [0.4, 0.5) is 5.82 Å². The predicted molar refractivity (Wildman–Crippen MR) is 66.9 cm³/mol. The summed E-state index contributed by atoms with van der Waals surface area (Å²) < 4.78 is 1.74. The van der Waals surface area contributed by atoms with E-state index in [-0.39, 0.29) is 0 Å². The molecule has 0 spiro atoms. The third kappa shape index (κ3) is 3.19. The number of aromatic nitrogens is 2. The van der Waals surface area contributed by atoms with Gasteiger partial charge in [-0.3, -0.25) is 9.58 Å². The second-order valence-corrected chi connectivity index (χ2v) is 3.96. The van der Waals surface area contributed by atoms with Gasteiger partial charge >= 0.3 is 0 Å². The van der Waals surface area contributed by atoms with E-state index in [1.165, 1.54) is 0 Å². The van der Waals surface area contributed by atoms with Crippen LogP contribution in [0.2, 0.25) is 0 Å². The Morgan fingerprint density at radius 1 is 1.59 bits per heavy atom. The summed E-state index contributed by atoms with van der Waals surface area (Å²) in [6.07, 6.45) is 0.540. The first-order valence-corrected chi connectivity index (χ1v) is 5.72. The van der Waals surface area contributed by atoms with Crippen LogP contribution in [0.3, 0.4) is 0 Å². The third-order valence-electron chi connectivity index (χ3n) is 2.85. The monoisotopic (exact) mass is 236 g/mol. The lowest BCUT2D eigenvalue weighted by atomic mass is 10.2. The Hall–Kier alpha value is -1.58. The van der Waals surface area contributed by atoms with Gasteiger partial charge in [-0.25, -0.2) is 5.84 Å². The maximum absolute atomic E-state index is 8.61. The highest BCUT2D eigenvalue weighted by atomic mass is 15.4. The van der Waals surface area contributed by atoms with Crippen molar-refractivity contribution in [1.82, 2.24) is 14.7 Å². The molecular weight excluding hydrogens is 216 g/mol. The van der Waals surface area contributed by atoms with Crippen molar-refractivity contribution in [3.05, 3.63) is 11.3 Å². The number of nitrogens with one attached hydrogen (secondary N) is 1. The number of nitrogens with zero attached hydrogens (tertiary/aromatic N) is 4. The van der Waals surface area contributed by atoms with E-state index in [4.69, 9.17) is 11.1 Å². The highest BCUT2D eigenvalue weighted by Gasteiger charge is 2.14. The summed E-state index contributed by atoms with van der Waals surface area (Å²) >= 11 is 0. The number of nitriles is 1. The smallest absolute Gasteiger partial charge is 0.142 e. The van der Waals surface area contributed by atoms with Gasteiger partial charge in [0.15, 0.2) is 0 Å². The van der Waals surface area contributed by atoms with Crippen molar-refractivity contribution in [3.63, 3.8) is 0 Å². The van der Waals surface area contributed by atoms with E-state index in [1.54, 1.807) is 4.68 Å². The van der Waals surface area contributed by atoms with Gasteiger partial charge in [-0.05, 0) is 13.5 Å². The molecule has 0 saturated carbocycles. The molecule has 0 bridgehead atoms. The summed E-state index contributed by atoms with van der Waals surface area (Å²) in [5.41, 5.74) is 4.74. The minimum atomic E-state index is 0.540. The molecule has 17 heavy (non-hydrogen) atoms. The van der Waals surface area contributed by atoms with Crippen molar-refractivity contribution >= 4 is 5.82 Å². The maximum Gasteiger partial charge on any atom is 0.142 e. The summed E-state index contributed by atoms with van der Waals surface area (Å²) in [5, 5.41) is 12.9. The molecule has 0 fully saturated rings. The number of nitrogens with two attached hydrogens (primary N) is 1. The van der Waals surface area contributed by atoms with Gasteiger partial charge in [0.1, 0.15) is 5.82 Å². The molecule has 1 heterocycles. The molecule has 3 N–H and O–H groups in total. The second-order valence-electron chi connectivity index (χ2n) is 3.96. The third-order valence-corrected chi connectivity index (χ3v) is 2.85. The van der Waals surface area contributed by atoms with E-state index in [2.05, 4.69) is 28.4 Å². The zero-order chi connectivity index (χ0) is 12.8. The molecule has 94 valence electrons. The van der Waals surface area contributed by atoms with Gasteiger partial charge in [-0.1, -0.05) is 6.92 Å². The summed E-state index contributed by atoms with van der Waals surface area (Å²) in [6.45, 7) is 6.48. The molecule has 6 heteroatoms. The molecule has 0 aliphatic rings. The lowest BCUT2D eigenvalue weighted by Crippen LogP contribution is -2.25. The summed E-state index contributed by atoms with van der Waals surface area (Å²) in [7, 11) is 1.86. The van der Waals surface area contributed by atoms with Crippen molar-refractivity contribution in [3.8, 4) is 6.07 Å². The summed E-state index contributed by atoms with van der Waals surface area (Å²) in [4.78, 5) is 2.20. The molecule has 0 aliphatic heterocycles. The van der Waals surface area contributed by atoms with E-state index >= 15 is 0 Å². The SMILES string of the molecule is CCN(CCC#N)Cc1c(C)nn(C)c1NN. The lowest BCUT2D eigenvalue weighted by molar-refractivity contribution is 0.286. The Bertz CT molecular complexity index is 403. The fraction of sp³-hybridized carbons (Fsp3) is 0.636. The molecule has 0 amide bonds. The first kappa shape index (κ1) is 13.5. The Balaban J connectivity index is 2.82. The molecule has 0 atom stereocenters. The van der Waals surface area contributed by atoms with Gasteiger partial charge in [-0.15, -0.1) is 0 Å². The number of aryl methyl sites for hydroxylation is 2. The minimum absolute atomic E-state index is 0.540. The van der Waals surface area contributed by atoms with Crippen molar-refractivity contribution in [2.75, 3.05) is 18.5 Å². The van der Waals surface area contributed by atoms with Crippen LogP contribution in [0, 0.1) is 18.3 Å². The first-order chi connectivity index (χ1) is 8.13. The van der Waals surface area contributed by atoms with Gasteiger partial charge in [0.05, 0.1) is 11.8 Å². The quantitative estimate of drug-likeness (QED) is 0.562. The summed E-state index contributed by atoms with van der Waals surface area (Å²) in [5.74, 6) is 6.33. The number of anilines is 1. The van der Waals surface area contributed by atoms with E-state index < -0.39 is 0 Å². The fourth-order valence-electron chi connectivity index (χ4n) is 1.85. The Labute approximate surface area is 102 Å². The number of hydrazine groups is 1. The van der Waals surface area contributed by atoms with Crippen molar-refractivity contribution in [2.45, 2.75) is 26.8 Å². The highest BCUT2D eigenvalue weighted by Crippen LogP contribution is 2.19. The zero-order valence-corrected chi connectivity index (χ0v) is 10.7. The van der Waals surface area contributed by atoms with Crippen LogP contribution in [0.5, 0.6) is 0 Å². The van der Waals surface area contributed by atoms with Crippen LogP contribution in [0.15, 0.2) is 0 Å². The highest BCUT2D eigenvalue weighted by molar-refractivity contribution is 5.46. The van der Waals surface area contributed by atoms with Crippen LogP contribution < -0.4 is 11.3 Å². The van der Waals surface area contributed by atoms with Gasteiger partial charge in [0.2, 0.25) is 0 Å². The number of hydrogen-bond acceptors (Lipinski definition) is 5. The number of hydrogen-bond donors (Lipinski definition) is 2.